The van der Waals surface area contributed by atoms with Crippen LogP contribution in [0.15, 0.2) is 0 Å². The summed E-state index contributed by atoms with van der Waals surface area (Å²) in [4.78, 5) is 14.4. The summed E-state index contributed by atoms with van der Waals surface area (Å²) >= 11 is 5.99. The number of hydrogen-bond acceptors (Lipinski definition) is 2. The van der Waals surface area contributed by atoms with Crippen molar-refractivity contribution >= 4 is 17.5 Å². The topological polar surface area (TPSA) is 29.5 Å². The molecule has 4 heteroatoms. The van der Waals surface area contributed by atoms with E-state index in [0.717, 1.165) is 32.2 Å². The molecule has 0 aliphatic carbocycles. The second kappa shape index (κ2) is 6.05. The summed E-state index contributed by atoms with van der Waals surface area (Å²) in [5.74, 6) is 0.718. The molecule has 2 saturated heterocycles. The Morgan fingerprint density at radius 2 is 2.12 bits per heavy atom. The SMILES string of the molecule is CC1CCC(C(=O)N2CCCCCC2CCl)O1. The molecule has 0 aromatic heterocycles. The van der Waals surface area contributed by atoms with Gasteiger partial charge in [-0.3, -0.25) is 4.79 Å². The van der Waals surface area contributed by atoms with Crippen LogP contribution in [-0.4, -0.2) is 41.5 Å². The highest BCUT2D eigenvalue weighted by Gasteiger charge is 2.34. The fraction of sp³-hybridized carbons (Fsp3) is 0.923. The van der Waals surface area contributed by atoms with Crippen LogP contribution in [0.3, 0.4) is 0 Å². The molecule has 0 radical (unpaired) electrons. The Hall–Kier alpha value is -0.280. The zero-order valence-electron chi connectivity index (χ0n) is 10.5. The van der Waals surface area contributed by atoms with Crippen molar-refractivity contribution in [2.45, 2.75) is 63.7 Å². The van der Waals surface area contributed by atoms with E-state index < -0.39 is 0 Å². The van der Waals surface area contributed by atoms with Crippen molar-refractivity contribution < 1.29 is 9.53 Å². The van der Waals surface area contributed by atoms with Gasteiger partial charge in [0.2, 0.25) is 0 Å². The maximum absolute atomic E-state index is 12.4. The van der Waals surface area contributed by atoms with Crippen molar-refractivity contribution in [2.24, 2.45) is 0 Å². The van der Waals surface area contributed by atoms with Crippen LogP contribution in [0, 0.1) is 0 Å². The molecule has 2 fully saturated rings. The number of hydrogen-bond donors (Lipinski definition) is 0. The fourth-order valence-corrected chi connectivity index (χ4v) is 3.12. The molecule has 0 spiro atoms. The zero-order chi connectivity index (χ0) is 12.3. The monoisotopic (exact) mass is 259 g/mol. The van der Waals surface area contributed by atoms with Crippen LogP contribution in [0.25, 0.3) is 0 Å². The molecule has 0 bridgehead atoms. The quantitative estimate of drug-likeness (QED) is 0.714. The lowest BCUT2D eigenvalue weighted by Gasteiger charge is -2.30. The van der Waals surface area contributed by atoms with Crippen molar-refractivity contribution in [3.8, 4) is 0 Å². The van der Waals surface area contributed by atoms with Gasteiger partial charge in [-0.25, -0.2) is 0 Å². The molecule has 2 heterocycles. The molecule has 3 nitrogen and oxygen atoms in total. The fourth-order valence-electron chi connectivity index (χ4n) is 2.80. The van der Waals surface area contributed by atoms with Crippen LogP contribution < -0.4 is 0 Å². The lowest BCUT2D eigenvalue weighted by molar-refractivity contribution is -0.144. The minimum Gasteiger partial charge on any atom is -0.365 e. The van der Waals surface area contributed by atoms with Gasteiger partial charge in [0.25, 0.3) is 5.91 Å². The normalized spacial score (nSPS) is 34.7. The second-order valence-electron chi connectivity index (χ2n) is 5.20. The summed E-state index contributed by atoms with van der Waals surface area (Å²) in [5.41, 5.74) is 0. The molecule has 0 aromatic rings. The van der Waals surface area contributed by atoms with Crippen molar-refractivity contribution in [3.63, 3.8) is 0 Å². The van der Waals surface area contributed by atoms with E-state index in [9.17, 15) is 4.79 Å². The number of rotatable bonds is 2. The van der Waals surface area contributed by atoms with Gasteiger partial charge in [0.05, 0.1) is 6.10 Å². The average molecular weight is 260 g/mol. The van der Waals surface area contributed by atoms with Gasteiger partial charge < -0.3 is 9.64 Å². The first-order chi connectivity index (χ1) is 8.22. The van der Waals surface area contributed by atoms with Crippen LogP contribution in [0.1, 0.15) is 45.4 Å². The Morgan fingerprint density at radius 1 is 1.29 bits per heavy atom. The van der Waals surface area contributed by atoms with Gasteiger partial charge in [-0.05, 0) is 32.6 Å². The summed E-state index contributed by atoms with van der Waals surface area (Å²) in [7, 11) is 0. The number of carbonyl (C=O) groups is 1. The molecular formula is C13H22ClNO2. The highest BCUT2D eigenvalue weighted by molar-refractivity contribution is 6.18. The Balaban J connectivity index is 2.00. The maximum atomic E-state index is 12.4. The van der Waals surface area contributed by atoms with E-state index in [2.05, 4.69) is 0 Å². The standard InChI is InChI=1S/C13H22ClNO2/c1-10-6-7-12(17-10)13(16)15-8-4-2-3-5-11(15)9-14/h10-12H,2-9H2,1H3. The van der Waals surface area contributed by atoms with Crippen LogP contribution in [0.2, 0.25) is 0 Å². The van der Waals surface area contributed by atoms with Gasteiger partial charge in [0, 0.05) is 18.5 Å². The molecule has 1 amide bonds. The van der Waals surface area contributed by atoms with Gasteiger partial charge >= 0.3 is 0 Å². The number of ether oxygens (including phenoxy) is 1. The molecule has 2 aliphatic heterocycles. The minimum absolute atomic E-state index is 0.168. The number of halogens is 1. The minimum atomic E-state index is -0.214. The number of nitrogens with zero attached hydrogens (tertiary/aromatic N) is 1. The highest BCUT2D eigenvalue weighted by Crippen LogP contribution is 2.25. The van der Waals surface area contributed by atoms with Crippen LogP contribution in [0.5, 0.6) is 0 Å². The molecule has 98 valence electrons. The predicted octanol–water partition coefficient (Wildman–Crippen LogP) is 2.56. The highest BCUT2D eigenvalue weighted by atomic mass is 35.5. The van der Waals surface area contributed by atoms with Crippen molar-refractivity contribution in [2.75, 3.05) is 12.4 Å². The summed E-state index contributed by atoms with van der Waals surface area (Å²) < 4.78 is 5.68. The Kier molecular flexibility index (Phi) is 4.69. The van der Waals surface area contributed by atoms with Crippen LogP contribution in [0.4, 0.5) is 0 Å². The van der Waals surface area contributed by atoms with Gasteiger partial charge in [0.1, 0.15) is 6.10 Å². The number of carbonyl (C=O) groups excluding carboxylic acids is 1. The number of likely N-dealkylation sites (tertiary alicyclic amines) is 1. The van der Waals surface area contributed by atoms with E-state index in [0.29, 0.717) is 5.88 Å². The second-order valence-corrected chi connectivity index (χ2v) is 5.51. The van der Waals surface area contributed by atoms with E-state index in [4.69, 9.17) is 16.3 Å². The van der Waals surface area contributed by atoms with Crippen molar-refractivity contribution in [3.05, 3.63) is 0 Å². The Morgan fingerprint density at radius 3 is 2.76 bits per heavy atom. The summed E-state index contributed by atoms with van der Waals surface area (Å²) in [6, 6.07) is 0.214. The third-order valence-corrected chi connectivity index (χ3v) is 4.20. The Labute approximate surface area is 108 Å². The molecule has 0 aromatic carbocycles. The molecule has 2 aliphatic rings. The number of alkyl halides is 1. The summed E-state index contributed by atoms with van der Waals surface area (Å²) in [6.07, 6.45) is 6.40. The van der Waals surface area contributed by atoms with Crippen molar-refractivity contribution in [1.29, 1.82) is 0 Å². The predicted molar refractivity (Wildman–Crippen MR) is 68.3 cm³/mol. The molecular weight excluding hydrogens is 238 g/mol. The molecule has 2 rings (SSSR count). The summed E-state index contributed by atoms with van der Waals surface area (Å²) in [6.45, 7) is 2.89. The molecule has 0 N–H and O–H groups in total. The van der Waals surface area contributed by atoms with E-state index in [1.165, 1.54) is 12.8 Å². The smallest absolute Gasteiger partial charge is 0.252 e. The van der Waals surface area contributed by atoms with E-state index >= 15 is 0 Å². The Bertz CT molecular complexity index is 272. The zero-order valence-corrected chi connectivity index (χ0v) is 11.3. The van der Waals surface area contributed by atoms with Gasteiger partial charge in [0.15, 0.2) is 0 Å². The maximum Gasteiger partial charge on any atom is 0.252 e. The largest absolute Gasteiger partial charge is 0.365 e. The molecule has 0 saturated carbocycles. The van der Waals surface area contributed by atoms with Crippen LogP contribution >= 0.6 is 11.6 Å². The lowest BCUT2D eigenvalue weighted by atomic mass is 10.1. The first-order valence-electron chi connectivity index (χ1n) is 6.74. The average Bonchev–Trinajstić information content (AvgIpc) is 2.64. The third kappa shape index (κ3) is 3.14. The van der Waals surface area contributed by atoms with E-state index in [-0.39, 0.29) is 24.2 Å². The van der Waals surface area contributed by atoms with Gasteiger partial charge in [-0.1, -0.05) is 12.8 Å². The van der Waals surface area contributed by atoms with Gasteiger partial charge in [-0.15, -0.1) is 11.6 Å². The summed E-state index contributed by atoms with van der Waals surface area (Å²) in [5, 5.41) is 0. The first-order valence-corrected chi connectivity index (χ1v) is 7.27. The van der Waals surface area contributed by atoms with E-state index in [1.54, 1.807) is 0 Å². The molecule has 17 heavy (non-hydrogen) atoms. The molecule has 3 atom stereocenters. The lowest BCUT2D eigenvalue weighted by Crippen LogP contribution is -2.46. The third-order valence-electron chi connectivity index (χ3n) is 3.85. The van der Waals surface area contributed by atoms with Gasteiger partial charge in [-0.2, -0.15) is 0 Å². The van der Waals surface area contributed by atoms with Crippen LogP contribution in [-0.2, 0) is 9.53 Å². The van der Waals surface area contributed by atoms with Crippen molar-refractivity contribution in [1.82, 2.24) is 4.90 Å². The number of amides is 1. The molecule has 3 unspecified atom stereocenters. The van der Waals surface area contributed by atoms with E-state index in [1.807, 2.05) is 11.8 Å². The first kappa shape index (κ1) is 13.2.